The first-order valence-electron chi connectivity index (χ1n) is 5.66. The average Bonchev–Trinajstić information content (AvgIpc) is 2.20. The fourth-order valence-electron chi connectivity index (χ4n) is 1.63. The molecule has 2 atom stereocenters. The van der Waals surface area contributed by atoms with E-state index in [1.54, 1.807) is 13.0 Å². The summed E-state index contributed by atoms with van der Waals surface area (Å²) in [5.74, 6) is -0.120. The summed E-state index contributed by atoms with van der Waals surface area (Å²) in [7, 11) is 0. The Morgan fingerprint density at radius 1 is 1.41 bits per heavy atom. The van der Waals surface area contributed by atoms with Crippen LogP contribution in [-0.4, -0.2) is 27.5 Å². The molecular weight excluding hydrogens is 238 g/mol. The molecule has 0 aliphatic heterocycles. The van der Waals surface area contributed by atoms with E-state index in [1.165, 1.54) is 0 Å². The largest absolute Gasteiger partial charge is 0.349 e. The summed E-state index contributed by atoms with van der Waals surface area (Å²) in [4.78, 5) is 12.0. The van der Waals surface area contributed by atoms with Gasteiger partial charge in [-0.1, -0.05) is 0 Å². The highest BCUT2D eigenvalue weighted by molar-refractivity contribution is 6.20. The molecule has 0 aliphatic carbocycles. The molecule has 1 aromatic heterocycles. The van der Waals surface area contributed by atoms with Crippen molar-refractivity contribution in [2.75, 3.05) is 0 Å². The number of hydrogen-bond donors (Lipinski definition) is 1. The van der Waals surface area contributed by atoms with Crippen molar-refractivity contribution >= 4 is 17.5 Å². The topological polar surface area (TPSA) is 54.9 Å². The summed E-state index contributed by atoms with van der Waals surface area (Å²) in [6, 6.07) is 1.79. The number of nitrogens with one attached hydrogen (secondary N) is 1. The molecule has 0 radical (unpaired) electrons. The predicted molar refractivity (Wildman–Crippen MR) is 68.4 cm³/mol. The van der Waals surface area contributed by atoms with Crippen LogP contribution in [0.5, 0.6) is 0 Å². The fourth-order valence-corrected chi connectivity index (χ4v) is 1.89. The number of aryl methyl sites for hydroxylation is 2. The van der Waals surface area contributed by atoms with E-state index >= 15 is 0 Å². The van der Waals surface area contributed by atoms with Crippen molar-refractivity contribution in [1.82, 2.24) is 15.5 Å². The molecule has 1 aromatic rings. The van der Waals surface area contributed by atoms with E-state index in [9.17, 15) is 4.79 Å². The van der Waals surface area contributed by atoms with E-state index in [0.717, 1.165) is 12.1 Å². The van der Waals surface area contributed by atoms with Gasteiger partial charge >= 0.3 is 0 Å². The number of hydrogen-bond acceptors (Lipinski definition) is 3. The van der Waals surface area contributed by atoms with Gasteiger partial charge in [-0.05, 0) is 40.2 Å². The summed E-state index contributed by atoms with van der Waals surface area (Å²) < 4.78 is 0. The maximum absolute atomic E-state index is 12.0. The Kier molecular flexibility index (Phi) is 4.87. The monoisotopic (exact) mass is 255 g/mol. The van der Waals surface area contributed by atoms with Crippen molar-refractivity contribution in [3.05, 3.63) is 23.0 Å². The normalized spacial score (nSPS) is 14.2. The Labute approximate surface area is 107 Å². The minimum atomic E-state index is -0.120. The van der Waals surface area contributed by atoms with E-state index in [-0.39, 0.29) is 17.3 Å². The second-order valence-corrected chi connectivity index (χ2v) is 5.12. The lowest BCUT2D eigenvalue weighted by atomic mass is 10.1. The van der Waals surface area contributed by atoms with Gasteiger partial charge < -0.3 is 5.32 Å². The second-order valence-electron chi connectivity index (χ2n) is 4.38. The molecule has 1 N–H and O–H groups in total. The average molecular weight is 256 g/mol. The third kappa shape index (κ3) is 4.30. The molecule has 0 bridgehead atoms. The maximum Gasteiger partial charge on any atom is 0.253 e. The van der Waals surface area contributed by atoms with Crippen LogP contribution in [0.1, 0.15) is 42.0 Å². The smallest absolute Gasteiger partial charge is 0.253 e. The standard InChI is InChI=1S/C12H18ClN3O/c1-7(13)5-8(2)14-12(17)11-6-9(3)15-16-10(11)4/h6-8H,5H2,1-4H3,(H,14,17). The summed E-state index contributed by atoms with van der Waals surface area (Å²) in [5, 5.41) is 10.8. The van der Waals surface area contributed by atoms with E-state index in [1.807, 2.05) is 20.8 Å². The van der Waals surface area contributed by atoms with Crippen molar-refractivity contribution in [2.24, 2.45) is 0 Å². The quantitative estimate of drug-likeness (QED) is 0.840. The fraction of sp³-hybridized carbons (Fsp3) is 0.583. The summed E-state index contributed by atoms with van der Waals surface area (Å²) >= 11 is 5.88. The molecule has 4 nitrogen and oxygen atoms in total. The Morgan fingerprint density at radius 3 is 2.65 bits per heavy atom. The van der Waals surface area contributed by atoms with Crippen LogP contribution in [0.25, 0.3) is 0 Å². The molecule has 17 heavy (non-hydrogen) atoms. The van der Waals surface area contributed by atoms with Crippen LogP contribution in [0.4, 0.5) is 0 Å². The molecule has 0 spiro atoms. The van der Waals surface area contributed by atoms with Gasteiger partial charge in [-0.3, -0.25) is 4.79 Å². The van der Waals surface area contributed by atoms with Gasteiger partial charge in [-0.25, -0.2) is 0 Å². The van der Waals surface area contributed by atoms with E-state index in [2.05, 4.69) is 15.5 Å². The minimum absolute atomic E-state index is 0.0443. The first-order chi connectivity index (χ1) is 7.90. The van der Waals surface area contributed by atoms with Crippen molar-refractivity contribution in [2.45, 2.75) is 45.5 Å². The number of aromatic nitrogens is 2. The van der Waals surface area contributed by atoms with Crippen molar-refractivity contribution in [1.29, 1.82) is 0 Å². The van der Waals surface area contributed by atoms with Crippen LogP contribution in [0, 0.1) is 13.8 Å². The minimum Gasteiger partial charge on any atom is -0.349 e. The maximum atomic E-state index is 12.0. The van der Waals surface area contributed by atoms with Gasteiger partial charge in [0.1, 0.15) is 0 Å². The molecule has 0 aromatic carbocycles. The van der Waals surface area contributed by atoms with Gasteiger partial charge in [0.05, 0.1) is 17.0 Å². The van der Waals surface area contributed by atoms with Crippen LogP contribution < -0.4 is 5.32 Å². The first kappa shape index (κ1) is 13.9. The van der Waals surface area contributed by atoms with Crippen LogP contribution in [0.2, 0.25) is 0 Å². The van der Waals surface area contributed by atoms with Crippen LogP contribution >= 0.6 is 11.6 Å². The number of nitrogens with zero attached hydrogens (tertiary/aromatic N) is 2. The van der Waals surface area contributed by atoms with Crippen molar-refractivity contribution < 1.29 is 4.79 Å². The molecule has 0 saturated heterocycles. The predicted octanol–water partition coefficient (Wildman–Crippen LogP) is 2.23. The van der Waals surface area contributed by atoms with Crippen molar-refractivity contribution in [3.8, 4) is 0 Å². The zero-order valence-electron chi connectivity index (χ0n) is 10.6. The third-order valence-electron chi connectivity index (χ3n) is 2.40. The Hall–Kier alpha value is -1.16. The lowest BCUT2D eigenvalue weighted by Gasteiger charge is -2.15. The highest BCUT2D eigenvalue weighted by Crippen LogP contribution is 2.08. The number of halogens is 1. The molecule has 1 amide bonds. The van der Waals surface area contributed by atoms with E-state index < -0.39 is 0 Å². The molecule has 1 rings (SSSR count). The molecule has 5 heteroatoms. The van der Waals surface area contributed by atoms with Crippen LogP contribution in [0.3, 0.4) is 0 Å². The molecule has 0 aliphatic rings. The third-order valence-corrected chi connectivity index (χ3v) is 2.58. The first-order valence-corrected chi connectivity index (χ1v) is 6.09. The van der Waals surface area contributed by atoms with Crippen LogP contribution in [-0.2, 0) is 0 Å². The van der Waals surface area contributed by atoms with E-state index in [4.69, 9.17) is 11.6 Å². The SMILES string of the molecule is Cc1cc(C(=O)NC(C)CC(C)Cl)c(C)nn1. The molecule has 0 fully saturated rings. The molecule has 1 heterocycles. The number of alkyl halides is 1. The lowest BCUT2D eigenvalue weighted by molar-refractivity contribution is 0.0937. The van der Waals surface area contributed by atoms with Gasteiger partial charge in [0.15, 0.2) is 0 Å². The molecule has 0 saturated carbocycles. The summed E-state index contributed by atoms with van der Waals surface area (Å²) in [6.07, 6.45) is 0.740. The molecule has 94 valence electrons. The summed E-state index contributed by atoms with van der Waals surface area (Å²) in [6.45, 7) is 7.44. The Bertz CT molecular complexity index is 407. The highest BCUT2D eigenvalue weighted by atomic mass is 35.5. The zero-order chi connectivity index (χ0) is 13.0. The van der Waals surface area contributed by atoms with Gasteiger partial charge in [-0.15, -0.1) is 11.6 Å². The Morgan fingerprint density at radius 2 is 2.06 bits per heavy atom. The number of amides is 1. The van der Waals surface area contributed by atoms with Gasteiger partial charge in [0, 0.05) is 11.4 Å². The van der Waals surface area contributed by atoms with Crippen molar-refractivity contribution in [3.63, 3.8) is 0 Å². The summed E-state index contributed by atoms with van der Waals surface area (Å²) in [5.41, 5.74) is 1.95. The lowest BCUT2D eigenvalue weighted by Crippen LogP contribution is -2.34. The second kappa shape index (κ2) is 5.96. The molecule has 2 unspecified atom stereocenters. The van der Waals surface area contributed by atoms with Gasteiger partial charge in [0.2, 0.25) is 0 Å². The van der Waals surface area contributed by atoms with E-state index in [0.29, 0.717) is 11.3 Å². The van der Waals surface area contributed by atoms with Crippen LogP contribution in [0.15, 0.2) is 6.07 Å². The number of rotatable bonds is 4. The van der Waals surface area contributed by atoms with Gasteiger partial charge in [0.25, 0.3) is 5.91 Å². The highest BCUT2D eigenvalue weighted by Gasteiger charge is 2.14. The zero-order valence-corrected chi connectivity index (χ0v) is 11.4. The Balaban J connectivity index is 2.73. The molecular formula is C12H18ClN3O. The van der Waals surface area contributed by atoms with Gasteiger partial charge in [-0.2, -0.15) is 10.2 Å². The number of carbonyl (C=O) groups is 1. The number of carbonyl (C=O) groups excluding carboxylic acids is 1.